The van der Waals surface area contributed by atoms with E-state index in [2.05, 4.69) is 24.0 Å². The average Bonchev–Trinajstić information content (AvgIpc) is 2.95. The van der Waals surface area contributed by atoms with E-state index in [-0.39, 0.29) is 12.0 Å². The molecule has 2 unspecified atom stereocenters. The van der Waals surface area contributed by atoms with Gasteiger partial charge in [-0.25, -0.2) is 0 Å². The predicted molar refractivity (Wildman–Crippen MR) is 63.5 cm³/mol. The highest BCUT2D eigenvalue weighted by Crippen LogP contribution is 2.28. The largest absolute Gasteiger partial charge is 0.370 e. The Labute approximate surface area is 102 Å². The van der Waals surface area contributed by atoms with Crippen LogP contribution in [0.2, 0.25) is 0 Å². The van der Waals surface area contributed by atoms with Gasteiger partial charge >= 0.3 is 0 Å². The third-order valence-corrected chi connectivity index (χ3v) is 3.06. The van der Waals surface area contributed by atoms with Crippen molar-refractivity contribution in [2.24, 2.45) is 11.7 Å². The second-order valence-corrected chi connectivity index (χ2v) is 5.05. The number of rotatable bonds is 5. The van der Waals surface area contributed by atoms with Crippen molar-refractivity contribution in [2.45, 2.75) is 45.1 Å². The van der Waals surface area contributed by atoms with Crippen LogP contribution in [0.3, 0.4) is 0 Å². The van der Waals surface area contributed by atoms with Crippen molar-refractivity contribution in [2.75, 3.05) is 13.2 Å². The van der Waals surface area contributed by atoms with E-state index in [0.29, 0.717) is 24.2 Å². The van der Waals surface area contributed by atoms with Crippen molar-refractivity contribution >= 4 is 0 Å². The Morgan fingerprint density at radius 1 is 1.47 bits per heavy atom. The molecule has 5 heteroatoms. The van der Waals surface area contributed by atoms with Crippen molar-refractivity contribution in [3.63, 3.8) is 0 Å². The molecule has 2 heterocycles. The Kier molecular flexibility index (Phi) is 4.12. The van der Waals surface area contributed by atoms with E-state index < -0.39 is 0 Å². The third kappa shape index (κ3) is 3.04. The molecule has 1 aliphatic heterocycles. The van der Waals surface area contributed by atoms with Crippen molar-refractivity contribution in [3.8, 4) is 0 Å². The van der Waals surface area contributed by atoms with Crippen LogP contribution in [-0.4, -0.2) is 23.3 Å². The lowest BCUT2D eigenvalue weighted by molar-refractivity contribution is 0.103. The fraction of sp³-hybridized carbons (Fsp3) is 0.833. The fourth-order valence-corrected chi connectivity index (χ4v) is 2.19. The quantitative estimate of drug-likeness (QED) is 0.850. The minimum Gasteiger partial charge on any atom is -0.370 e. The first-order valence-corrected chi connectivity index (χ1v) is 6.36. The maximum absolute atomic E-state index is 5.76. The van der Waals surface area contributed by atoms with Gasteiger partial charge in [0, 0.05) is 13.2 Å². The second kappa shape index (κ2) is 5.60. The van der Waals surface area contributed by atoms with E-state index in [4.69, 9.17) is 15.0 Å². The molecule has 0 amide bonds. The van der Waals surface area contributed by atoms with Gasteiger partial charge in [0.2, 0.25) is 11.7 Å². The van der Waals surface area contributed by atoms with Crippen molar-refractivity contribution in [3.05, 3.63) is 11.7 Å². The Morgan fingerprint density at radius 2 is 2.29 bits per heavy atom. The lowest BCUT2D eigenvalue weighted by atomic mass is 9.97. The van der Waals surface area contributed by atoms with E-state index in [1.807, 2.05) is 0 Å². The van der Waals surface area contributed by atoms with Crippen molar-refractivity contribution in [1.29, 1.82) is 0 Å². The molecule has 1 aromatic rings. The van der Waals surface area contributed by atoms with Gasteiger partial charge in [-0.2, -0.15) is 4.98 Å². The summed E-state index contributed by atoms with van der Waals surface area (Å²) in [5, 5.41) is 4.01. The molecule has 2 rings (SSSR count). The summed E-state index contributed by atoms with van der Waals surface area (Å²) in [6.45, 7) is 5.67. The molecule has 0 spiro atoms. The monoisotopic (exact) mass is 239 g/mol. The SMILES string of the molecule is CC(C)CC(CN)c1nc(C2CCCO2)no1. The normalized spacial score (nSPS) is 22.2. The van der Waals surface area contributed by atoms with Gasteiger partial charge in [0.05, 0.1) is 5.92 Å². The van der Waals surface area contributed by atoms with Crippen LogP contribution in [0.15, 0.2) is 4.52 Å². The van der Waals surface area contributed by atoms with Gasteiger partial charge in [-0.3, -0.25) is 0 Å². The highest BCUT2D eigenvalue weighted by Gasteiger charge is 2.25. The Hall–Kier alpha value is -0.940. The summed E-state index contributed by atoms with van der Waals surface area (Å²) >= 11 is 0. The van der Waals surface area contributed by atoms with Crippen molar-refractivity contribution < 1.29 is 9.26 Å². The summed E-state index contributed by atoms with van der Waals surface area (Å²) in [7, 11) is 0. The van der Waals surface area contributed by atoms with Gasteiger partial charge in [0.1, 0.15) is 6.10 Å². The average molecular weight is 239 g/mol. The number of nitrogens with zero attached hydrogens (tertiary/aromatic N) is 2. The van der Waals surface area contributed by atoms with Crippen LogP contribution in [0.4, 0.5) is 0 Å². The molecular weight excluding hydrogens is 218 g/mol. The van der Waals surface area contributed by atoms with Crippen LogP contribution in [0.5, 0.6) is 0 Å². The predicted octanol–water partition coefficient (Wildman–Crippen LogP) is 2.01. The smallest absolute Gasteiger partial charge is 0.231 e. The molecule has 0 saturated carbocycles. The zero-order valence-electron chi connectivity index (χ0n) is 10.6. The van der Waals surface area contributed by atoms with E-state index in [1.54, 1.807) is 0 Å². The Bertz CT molecular complexity index is 345. The highest BCUT2D eigenvalue weighted by atomic mass is 16.5. The van der Waals surface area contributed by atoms with E-state index in [0.717, 1.165) is 25.9 Å². The molecule has 2 atom stereocenters. The number of hydrogen-bond donors (Lipinski definition) is 1. The van der Waals surface area contributed by atoms with E-state index >= 15 is 0 Å². The van der Waals surface area contributed by atoms with Gasteiger partial charge < -0.3 is 15.0 Å². The molecule has 1 aromatic heterocycles. The van der Waals surface area contributed by atoms with Gasteiger partial charge in [0.25, 0.3) is 0 Å². The lowest BCUT2D eigenvalue weighted by Gasteiger charge is -2.12. The number of nitrogens with two attached hydrogens (primary N) is 1. The first kappa shape index (κ1) is 12.5. The topological polar surface area (TPSA) is 74.2 Å². The third-order valence-electron chi connectivity index (χ3n) is 3.06. The van der Waals surface area contributed by atoms with Gasteiger partial charge in [-0.05, 0) is 25.2 Å². The van der Waals surface area contributed by atoms with E-state index in [9.17, 15) is 0 Å². The first-order chi connectivity index (χ1) is 8.20. The summed E-state index contributed by atoms with van der Waals surface area (Å²) < 4.78 is 10.8. The molecule has 1 fully saturated rings. The summed E-state index contributed by atoms with van der Waals surface area (Å²) in [5.74, 6) is 2.07. The summed E-state index contributed by atoms with van der Waals surface area (Å²) in [6, 6.07) is 0. The molecule has 2 N–H and O–H groups in total. The Balaban J connectivity index is 2.04. The number of hydrogen-bond acceptors (Lipinski definition) is 5. The second-order valence-electron chi connectivity index (χ2n) is 5.05. The molecule has 5 nitrogen and oxygen atoms in total. The van der Waals surface area contributed by atoms with Gasteiger partial charge in [0.15, 0.2) is 0 Å². The van der Waals surface area contributed by atoms with Gasteiger partial charge in [-0.15, -0.1) is 0 Å². The summed E-state index contributed by atoms with van der Waals surface area (Å²) in [5.41, 5.74) is 5.76. The Morgan fingerprint density at radius 3 is 2.88 bits per heavy atom. The molecule has 96 valence electrons. The summed E-state index contributed by atoms with van der Waals surface area (Å²) in [4.78, 5) is 4.43. The van der Waals surface area contributed by atoms with Crippen LogP contribution in [0.1, 0.15) is 56.8 Å². The minimum absolute atomic E-state index is 0.0185. The van der Waals surface area contributed by atoms with Crippen molar-refractivity contribution in [1.82, 2.24) is 10.1 Å². The van der Waals surface area contributed by atoms with Gasteiger partial charge in [-0.1, -0.05) is 19.0 Å². The minimum atomic E-state index is 0.0185. The van der Waals surface area contributed by atoms with Crippen LogP contribution in [0, 0.1) is 5.92 Å². The number of ether oxygens (including phenoxy) is 1. The van der Waals surface area contributed by atoms with Crippen LogP contribution >= 0.6 is 0 Å². The molecule has 0 bridgehead atoms. The molecule has 1 saturated heterocycles. The zero-order chi connectivity index (χ0) is 12.3. The molecule has 17 heavy (non-hydrogen) atoms. The van der Waals surface area contributed by atoms with E-state index in [1.165, 1.54) is 0 Å². The maximum atomic E-state index is 5.76. The lowest BCUT2D eigenvalue weighted by Crippen LogP contribution is -2.15. The van der Waals surface area contributed by atoms with Crippen LogP contribution in [-0.2, 0) is 4.74 Å². The molecular formula is C12H21N3O2. The van der Waals surface area contributed by atoms with Crippen LogP contribution in [0.25, 0.3) is 0 Å². The first-order valence-electron chi connectivity index (χ1n) is 6.36. The zero-order valence-corrected chi connectivity index (χ0v) is 10.6. The fourth-order valence-electron chi connectivity index (χ4n) is 2.19. The van der Waals surface area contributed by atoms with Crippen LogP contribution < -0.4 is 5.73 Å². The molecule has 1 aliphatic rings. The summed E-state index contributed by atoms with van der Waals surface area (Å²) in [6.07, 6.45) is 3.05. The maximum Gasteiger partial charge on any atom is 0.231 e. The standard InChI is InChI=1S/C12H21N3O2/c1-8(2)6-9(7-13)12-14-11(15-17-12)10-4-3-5-16-10/h8-10H,3-7,13H2,1-2H3. The highest BCUT2D eigenvalue weighted by molar-refractivity contribution is 4.98. The molecule has 0 aliphatic carbocycles. The molecule has 0 radical (unpaired) electrons. The molecule has 0 aromatic carbocycles. The number of aromatic nitrogens is 2.